The van der Waals surface area contributed by atoms with E-state index in [2.05, 4.69) is 19.8 Å². The van der Waals surface area contributed by atoms with Crippen molar-refractivity contribution >= 4 is 26.8 Å². The number of carbonyl (C=O) groups is 1. The summed E-state index contributed by atoms with van der Waals surface area (Å²) >= 11 is 0. The number of sulfone groups is 1. The highest BCUT2D eigenvalue weighted by atomic mass is 32.2. The zero-order valence-electron chi connectivity index (χ0n) is 21.0. The number of nitrogens with one attached hydrogen (secondary N) is 1. The maximum Gasteiger partial charge on any atom is 0.586 e. The van der Waals surface area contributed by atoms with Crippen molar-refractivity contribution in [2.45, 2.75) is 37.4 Å². The predicted octanol–water partition coefficient (Wildman–Crippen LogP) is 4.85. The van der Waals surface area contributed by atoms with Crippen LogP contribution in [0.4, 0.5) is 22.0 Å². The molecule has 15 heteroatoms. The molecule has 2 heterocycles. The molecule has 0 fully saturated rings. The fourth-order valence-corrected chi connectivity index (χ4v) is 5.20. The number of nitrogens with zero attached hydrogens (tertiary/aromatic N) is 2. The van der Waals surface area contributed by atoms with Crippen LogP contribution in [0.25, 0.3) is 11.0 Å². The molecule has 216 valence electrons. The van der Waals surface area contributed by atoms with E-state index in [1.165, 1.54) is 49.4 Å². The van der Waals surface area contributed by atoms with Gasteiger partial charge in [0.2, 0.25) is 5.82 Å². The van der Waals surface area contributed by atoms with E-state index in [-0.39, 0.29) is 56.4 Å². The Morgan fingerprint density at radius 1 is 1.07 bits per heavy atom. The maximum atomic E-state index is 13.9. The number of para-hydroxylation sites is 1. The number of halogens is 5. The highest BCUT2D eigenvalue weighted by molar-refractivity contribution is 7.91. The molecule has 0 spiro atoms. The van der Waals surface area contributed by atoms with Gasteiger partial charge < -0.3 is 24.5 Å². The van der Waals surface area contributed by atoms with Crippen LogP contribution in [0.3, 0.4) is 0 Å². The number of carbonyl (C=O) groups excluding carboxylic acids is 1. The topological polar surface area (TPSA) is 120 Å². The normalized spacial score (nSPS) is 14.4. The molecular formula is C26H20F5N3O6S. The second-order valence-corrected chi connectivity index (χ2v) is 11.3. The van der Waals surface area contributed by atoms with Gasteiger partial charge in [-0.15, -0.1) is 8.78 Å². The average Bonchev–Trinajstić information content (AvgIpc) is 3.43. The van der Waals surface area contributed by atoms with Crippen molar-refractivity contribution in [3.8, 4) is 17.2 Å². The summed E-state index contributed by atoms with van der Waals surface area (Å²) in [6.07, 6.45) is -8.88. The third kappa shape index (κ3) is 5.49. The third-order valence-corrected chi connectivity index (χ3v) is 8.07. The van der Waals surface area contributed by atoms with Crippen molar-refractivity contribution in [1.29, 1.82) is 0 Å². The van der Waals surface area contributed by atoms with E-state index in [1.807, 2.05) is 0 Å². The Labute approximate surface area is 229 Å². The monoisotopic (exact) mass is 597 g/mol. The number of ether oxygens (including phenoxy) is 2. The van der Waals surface area contributed by atoms with Crippen LogP contribution in [0.1, 0.15) is 34.2 Å². The third-order valence-electron chi connectivity index (χ3n) is 6.34. The summed E-state index contributed by atoms with van der Waals surface area (Å²) in [7, 11) is -3.56. The number of rotatable bonds is 7. The Kier molecular flexibility index (Phi) is 6.80. The number of aromatic nitrogens is 2. The summed E-state index contributed by atoms with van der Waals surface area (Å²) in [4.78, 5) is 16.3. The van der Waals surface area contributed by atoms with Gasteiger partial charge in [-0.05, 0) is 36.4 Å². The van der Waals surface area contributed by atoms with Crippen LogP contribution in [0.2, 0.25) is 0 Å². The van der Waals surface area contributed by atoms with Crippen molar-refractivity contribution in [2.24, 2.45) is 0 Å². The van der Waals surface area contributed by atoms with Crippen molar-refractivity contribution in [1.82, 2.24) is 14.9 Å². The van der Waals surface area contributed by atoms with Crippen LogP contribution < -0.4 is 14.8 Å². The fraction of sp³-hybridized carbons (Fsp3) is 0.231. The second kappa shape index (κ2) is 9.90. The van der Waals surface area contributed by atoms with Crippen molar-refractivity contribution in [3.05, 3.63) is 77.1 Å². The Bertz CT molecular complexity index is 1790. The number of phenolic OH excluding ortho intramolecular Hbond substituents is 1. The van der Waals surface area contributed by atoms with Crippen LogP contribution in [0, 0.1) is 0 Å². The van der Waals surface area contributed by atoms with E-state index in [0.717, 1.165) is 16.7 Å². The summed E-state index contributed by atoms with van der Waals surface area (Å²) in [5, 5.41) is 12.7. The molecular weight excluding hydrogens is 577 g/mol. The van der Waals surface area contributed by atoms with Crippen LogP contribution in [-0.4, -0.2) is 41.0 Å². The molecule has 1 amide bonds. The first-order valence-electron chi connectivity index (χ1n) is 12.0. The molecule has 1 aromatic heterocycles. The van der Waals surface area contributed by atoms with Crippen LogP contribution in [-0.2, 0) is 29.1 Å². The zero-order valence-corrected chi connectivity index (χ0v) is 21.8. The maximum absolute atomic E-state index is 13.9. The summed E-state index contributed by atoms with van der Waals surface area (Å²) < 4.78 is 103. The minimum atomic E-state index is -4.92. The number of hydrogen-bond acceptors (Lipinski definition) is 7. The second-order valence-electron chi connectivity index (χ2n) is 9.01. The summed E-state index contributed by atoms with van der Waals surface area (Å²) in [6, 6.07) is 11.2. The predicted molar refractivity (Wildman–Crippen MR) is 133 cm³/mol. The van der Waals surface area contributed by atoms with Gasteiger partial charge in [-0.1, -0.05) is 25.1 Å². The minimum Gasteiger partial charge on any atom is -0.508 e. The Morgan fingerprint density at radius 2 is 1.83 bits per heavy atom. The number of imidazole rings is 1. The number of aromatic hydroxyl groups is 1. The van der Waals surface area contributed by atoms with Crippen LogP contribution in [0.15, 0.2) is 59.5 Å². The van der Waals surface area contributed by atoms with E-state index < -0.39 is 46.3 Å². The van der Waals surface area contributed by atoms with E-state index in [9.17, 15) is 40.3 Å². The molecule has 5 rings (SSSR count). The number of phenols is 1. The highest BCUT2D eigenvalue weighted by Crippen LogP contribution is 2.44. The van der Waals surface area contributed by atoms with Crippen LogP contribution >= 0.6 is 0 Å². The molecule has 0 saturated heterocycles. The molecule has 0 aliphatic carbocycles. The highest BCUT2D eigenvalue weighted by Gasteiger charge is 2.45. The van der Waals surface area contributed by atoms with Crippen molar-refractivity contribution in [2.75, 3.05) is 5.75 Å². The molecule has 9 nitrogen and oxygen atoms in total. The van der Waals surface area contributed by atoms with Gasteiger partial charge in [0, 0.05) is 23.2 Å². The molecule has 41 heavy (non-hydrogen) atoms. The van der Waals surface area contributed by atoms with Gasteiger partial charge in [0.05, 0.1) is 28.2 Å². The first kappa shape index (κ1) is 28.1. The number of alkyl halides is 5. The minimum absolute atomic E-state index is 0.0103. The largest absolute Gasteiger partial charge is 0.586 e. The smallest absolute Gasteiger partial charge is 0.508 e. The zero-order chi connectivity index (χ0) is 29.7. The Balaban J connectivity index is 1.41. The van der Waals surface area contributed by atoms with Gasteiger partial charge in [-0.2, -0.15) is 13.2 Å². The lowest BCUT2D eigenvalue weighted by atomic mass is 10.1. The van der Waals surface area contributed by atoms with Crippen molar-refractivity contribution in [3.63, 3.8) is 0 Å². The molecule has 1 aliphatic rings. The van der Waals surface area contributed by atoms with E-state index >= 15 is 0 Å². The van der Waals surface area contributed by atoms with Crippen LogP contribution in [0.5, 0.6) is 17.2 Å². The van der Waals surface area contributed by atoms with Crippen molar-refractivity contribution < 1.29 is 49.7 Å². The van der Waals surface area contributed by atoms with E-state index in [4.69, 9.17) is 0 Å². The van der Waals surface area contributed by atoms with Gasteiger partial charge in [-0.25, -0.2) is 13.4 Å². The Morgan fingerprint density at radius 3 is 2.51 bits per heavy atom. The molecule has 3 aromatic carbocycles. The molecule has 2 N–H and O–H groups in total. The SMILES string of the molecule is CCS(=O)(=O)c1ccc(CNC(=O)c2ccc3c(c2)nc(C(F)(F)F)n3Cc2cccc3c2OC(F)(F)O3)c(O)c1. The molecule has 0 radical (unpaired) electrons. The van der Waals surface area contributed by atoms with Gasteiger partial charge in [0.1, 0.15) is 5.75 Å². The quantitative estimate of drug-likeness (QED) is 0.292. The van der Waals surface area contributed by atoms with Gasteiger partial charge in [0.25, 0.3) is 5.91 Å². The number of benzene rings is 3. The molecule has 0 unspecified atom stereocenters. The number of amides is 1. The van der Waals surface area contributed by atoms with E-state index in [0.29, 0.717) is 0 Å². The lowest BCUT2D eigenvalue weighted by Gasteiger charge is -2.13. The van der Waals surface area contributed by atoms with E-state index in [1.54, 1.807) is 0 Å². The number of fused-ring (bicyclic) bond motifs is 2. The lowest BCUT2D eigenvalue weighted by Crippen LogP contribution is -2.26. The molecule has 0 atom stereocenters. The molecule has 1 aliphatic heterocycles. The molecule has 4 aromatic rings. The first-order valence-corrected chi connectivity index (χ1v) is 13.6. The van der Waals surface area contributed by atoms with Gasteiger partial charge in [0.15, 0.2) is 21.3 Å². The van der Waals surface area contributed by atoms with Gasteiger partial charge >= 0.3 is 12.5 Å². The number of hydrogen-bond donors (Lipinski definition) is 2. The average molecular weight is 598 g/mol. The summed E-state index contributed by atoms with van der Waals surface area (Å²) in [5.41, 5.74) is -0.0498. The standard InChI is InChI=1S/C26H20F5N3O6S/c1-2-41(37,38)17-8-6-15(20(35)11-17)12-32-23(36)14-7-9-19-18(10-14)33-24(25(27,28)29)34(19)13-16-4-3-5-21-22(16)40-26(30,31)39-21/h3-11,35H,2,12-13H2,1H3,(H,32,36). The molecule has 0 saturated carbocycles. The van der Waals surface area contributed by atoms with Gasteiger partial charge in [-0.3, -0.25) is 4.79 Å². The first-order chi connectivity index (χ1) is 19.2. The molecule has 0 bridgehead atoms. The Hall–Kier alpha value is -4.40. The summed E-state index contributed by atoms with van der Waals surface area (Å²) in [5.74, 6) is -3.26. The lowest BCUT2D eigenvalue weighted by molar-refractivity contribution is -0.287. The fourth-order valence-electron chi connectivity index (χ4n) is 4.30. The summed E-state index contributed by atoms with van der Waals surface area (Å²) in [6.45, 7) is 0.710.